The number of nitrogens with zero attached hydrogens (tertiary/aromatic N) is 1. The highest BCUT2D eigenvalue weighted by molar-refractivity contribution is 5.86. The topological polar surface area (TPSA) is 113 Å². The molecule has 0 radical (unpaired) electrons. The van der Waals surface area contributed by atoms with Crippen molar-refractivity contribution >= 4 is 18.0 Å². The van der Waals surface area contributed by atoms with Gasteiger partial charge in [-0.1, -0.05) is 66.7 Å². The maximum absolute atomic E-state index is 14.2. The number of carbonyl (C=O) groups is 3. The fourth-order valence-corrected chi connectivity index (χ4v) is 7.37. The average Bonchev–Trinajstić information content (AvgIpc) is 3.50. The van der Waals surface area contributed by atoms with E-state index in [-0.39, 0.29) is 25.0 Å². The van der Waals surface area contributed by atoms with Gasteiger partial charge in [-0.3, -0.25) is 9.69 Å². The van der Waals surface area contributed by atoms with Gasteiger partial charge in [0.2, 0.25) is 5.91 Å². The Morgan fingerprint density at radius 3 is 2.22 bits per heavy atom. The third-order valence-corrected chi connectivity index (χ3v) is 9.90. The standard InChI is InChI=1S/C44H50N2O8/c1-44(2,3)54-41(47)28-52-31-14-12-13-30(26-31)37(22-20-29-21-23-39(50-4)40(25-29)51-5)45-42(48)38-19-10-11-24-46(38)43(49)53-27-36-34-17-8-6-15-32(34)33-16-7-9-18-35(33)36/h6-9,12-18,21,23,25-26,36-38H,10-11,19-20,22,24,27-28H2,1-5H3,(H,45,48)/t37-,38+/m1/s1. The van der Waals surface area contributed by atoms with Gasteiger partial charge in [-0.2, -0.15) is 0 Å². The normalized spacial score (nSPS) is 15.7. The van der Waals surface area contributed by atoms with Crippen LogP contribution in [-0.4, -0.2) is 68.5 Å². The van der Waals surface area contributed by atoms with Gasteiger partial charge in [0.15, 0.2) is 18.1 Å². The minimum absolute atomic E-state index is 0.0795. The third-order valence-electron chi connectivity index (χ3n) is 9.90. The summed E-state index contributed by atoms with van der Waals surface area (Å²) in [5, 5.41) is 3.26. The van der Waals surface area contributed by atoms with Crippen LogP contribution in [0.15, 0.2) is 91.0 Å². The highest BCUT2D eigenvalue weighted by Gasteiger charge is 2.36. The van der Waals surface area contributed by atoms with Crippen LogP contribution in [0.5, 0.6) is 17.2 Å². The van der Waals surface area contributed by atoms with E-state index in [2.05, 4.69) is 29.6 Å². The summed E-state index contributed by atoms with van der Waals surface area (Å²) in [4.78, 5) is 42.0. The smallest absolute Gasteiger partial charge is 0.410 e. The lowest BCUT2D eigenvalue weighted by Gasteiger charge is -2.35. The molecule has 1 fully saturated rings. The predicted octanol–water partition coefficient (Wildman–Crippen LogP) is 8.02. The Morgan fingerprint density at radius 1 is 0.833 bits per heavy atom. The van der Waals surface area contributed by atoms with Gasteiger partial charge in [-0.05, 0) is 111 Å². The number of likely N-dealkylation sites (tertiary alicyclic amines) is 1. The number of benzene rings is 4. The van der Waals surface area contributed by atoms with E-state index in [4.69, 9.17) is 23.7 Å². The first-order chi connectivity index (χ1) is 26.0. The molecule has 2 amide bonds. The summed E-state index contributed by atoms with van der Waals surface area (Å²) in [5.41, 5.74) is 5.75. The van der Waals surface area contributed by atoms with Crippen molar-refractivity contribution in [1.29, 1.82) is 0 Å². The highest BCUT2D eigenvalue weighted by Crippen LogP contribution is 2.44. The van der Waals surface area contributed by atoms with Gasteiger partial charge in [0.05, 0.1) is 20.3 Å². The fraction of sp³-hybridized carbons (Fsp3) is 0.386. The fourth-order valence-electron chi connectivity index (χ4n) is 7.37. The van der Waals surface area contributed by atoms with Crippen LogP contribution >= 0.6 is 0 Å². The molecule has 10 nitrogen and oxygen atoms in total. The molecule has 1 aliphatic carbocycles. The van der Waals surface area contributed by atoms with Gasteiger partial charge in [-0.25, -0.2) is 9.59 Å². The molecule has 0 saturated carbocycles. The maximum Gasteiger partial charge on any atom is 0.410 e. The Morgan fingerprint density at radius 2 is 1.54 bits per heavy atom. The van der Waals surface area contributed by atoms with Crippen molar-refractivity contribution in [3.63, 3.8) is 0 Å². The molecular formula is C44H50N2O8. The van der Waals surface area contributed by atoms with Crippen LogP contribution < -0.4 is 19.5 Å². The Balaban J connectivity index is 1.18. The molecule has 1 heterocycles. The number of rotatable bonds is 13. The number of amides is 2. The van der Waals surface area contributed by atoms with Gasteiger partial charge in [0.1, 0.15) is 24.0 Å². The van der Waals surface area contributed by atoms with Crippen LogP contribution in [0, 0.1) is 0 Å². The van der Waals surface area contributed by atoms with Gasteiger partial charge < -0.3 is 29.0 Å². The molecule has 4 aromatic rings. The molecule has 6 rings (SSSR count). The van der Waals surface area contributed by atoms with Crippen LogP contribution in [0.25, 0.3) is 11.1 Å². The van der Waals surface area contributed by atoms with Crippen molar-refractivity contribution in [3.8, 4) is 28.4 Å². The Kier molecular flexibility index (Phi) is 12.1. The van der Waals surface area contributed by atoms with Crippen molar-refractivity contribution in [1.82, 2.24) is 10.2 Å². The minimum Gasteiger partial charge on any atom is -0.493 e. The Hall–Kier alpha value is -5.51. The number of piperidine rings is 1. The average molecular weight is 735 g/mol. The number of fused-ring (bicyclic) bond motifs is 3. The van der Waals surface area contributed by atoms with Gasteiger partial charge in [0.25, 0.3) is 0 Å². The number of esters is 1. The van der Waals surface area contributed by atoms with E-state index in [1.807, 2.05) is 60.7 Å². The molecule has 0 bridgehead atoms. The summed E-state index contributed by atoms with van der Waals surface area (Å²) in [6.07, 6.45) is 2.78. The third kappa shape index (κ3) is 9.16. The Labute approximate surface area is 317 Å². The number of aryl methyl sites for hydroxylation is 1. The van der Waals surface area contributed by atoms with Gasteiger partial charge in [0, 0.05) is 12.5 Å². The van der Waals surface area contributed by atoms with Crippen LogP contribution in [0.2, 0.25) is 0 Å². The first-order valence-corrected chi connectivity index (χ1v) is 18.6. The largest absolute Gasteiger partial charge is 0.493 e. The van der Waals surface area contributed by atoms with Gasteiger partial charge in [-0.15, -0.1) is 0 Å². The number of nitrogens with one attached hydrogen (secondary N) is 1. The lowest BCUT2D eigenvalue weighted by atomic mass is 9.96. The molecule has 0 unspecified atom stereocenters. The molecule has 0 spiro atoms. The molecule has 54 heavy (non-hydrogen) atoms. The molecule has 1 saturated heterocycles. The zero-order valence-corrected chi connectivity index (χ0v) is 31.8. The highest BCUT2D eigenvalue weighted by atomic mass is 16.6. The monoisotopic (exact) mass is 734 g/mol. The molecule has 2 aliphatic rings. The quantitative estimate of drug-likeness (QED) is 0.138. The predicted molar refractivity (Wildman–Crippen MR) is 206 cm³/mol. The summed E-state index contributed by atoms with van der Waals surface area (Å²) in [6.45, 7) is 5.77. The molecular weight excluding hydrogens is 684 g/mol. The molecule has 4 aromatic carbocycles. The van der Waals surface area contributed by atoms with E-state index in [1.165, 1.54) is 0 Å². The summed E-state index contributed by atoms with van der Waals surface area (Å²) in [6, 6.07) is 28.4. The number of methoxy groups -OCH3 is 2. The van der Waals surface area contributed by atoms with E-state index >= 15 is 0 Å². The van der Waals surface area contributed by atoms with E-state index in [9.17, 15) is 14.4 Å². The Bertz CT molecular complexity index is 1910. The van der Waals surface area contributed by atoms with Gasteiger partial charge >= 0.3 is 12.1 Å². The zero-order chi connectivity index (χ0) is 38.2. The first-order valence-electron chi connectivity index (χ1n) is 18.6. The second kappa shape index (κ2) is 17.1. The van der Waals surface area contributed by atoms with E-state index in [1.54, 1.807) is 46.0 Å². The number of carbonyl (C=O) groups excluding carboxylic acids is 3. The molecule has 1 N–H and O–H groups in total. The number of hydrogen-bond acceptors (Lipinski definition) is 8. The number of hydrogen-bond donors (Lipinski definition) is 1. The van der Waals surface area contributed by atoms with Crippen molar-refractivity contribution in [2.45, 2.75) is 76.5 Å². The van der Waals surface area contributed by atoms with Crippen LogP contribution in [0.4, 0.5) is 4.79 Å². The molecule has 10 heteroatoms. The molecule has 1 aliphatic heterocycles. The molecule has 284 valence electrons. The second-order valence-electron chi connectivity index (χ2n) is 14.7. The first kappa shape index (κ1) is 38.2. The lowest BCUT2D eigenvalue weighted by Crippen LogP contribution is -2.52. The summed E-state index contributed by atoms with van der Waals surface area (Å²) >= 11 is 0. The van der Waals surface area contributed by atoms with Crippen molar-refractivity contribution < 1.29 is 38.1 Å². The molecule has 2 atom stereocenters. The van der Waals surface area contributed by atoms with Crippen molar-refractivity contribution in [3.05, 3.63) is 113 Å². The lowest BCUT2D eigenvalue weighted by molar-refractivity contribution is -0.157. The van der Waals surface area contributed by atoms with Crippen molar-refractivity contribution in [2.75, 3.05) is 34.0 Å². The van der Waals surface area contributed by atoms with E-state index in [0.717, 1.165) is 46.2 Å². The van der Waals surface area contributed by atoms with Crippen LogP contribution in [0.3, 0.4) is 0 Å². The van der Waals surface area contributed by atoms with E-state index < -0.39 is 29.7 Å². The zero-order valence-electron chi connectivity index (χ0n) is 31.8. The minimum atomic E-state index is -0.690. The van der Waals surface area contributed by atoms with E-state index in [0.29, 0.717) is 43.1 Å². The summed E-state index contributed by atoms with van der Waals surface area (Å²) in [5.74, 6) is 0.920. The summed E-state index contributed by atoms with van der Waals surface area (Å²) < 4.78 is 28.2. The van der Waals surface area contributed by atoms with Crippen LogP contribution in [0.1, 0.15) is 80.7 Å². The van der Waals surface area contributed by atoms with Crippen molar-refractivity contribution in [2.24, 2.45) is 0 Å². The number of ether oxygens (including phenoxy) is 5. The second-order valence-corrected chi connectivity index (χ2v) is 14.7. The maximum atomic E-state index is 14.2. The van der Waals surface area contributed by atoms with Crippen LogP contribution in [-0.2, 0) is 25.5 Å². The SMILES string of the molecule is COc1ccc(CC[C@@H](NC(=O)[C@@H]2CCCCN2C(=O)OCC2c3ccccc3-c3ccccc32)c2cccc(OCC(=O)OC(C)(C)C)c2)cc1OC. The molecule has 0 aromatic heterocycles. The summed E-state index contributed by atoms with van der Waals surface area (Å²) in [7, 11) is 3.19.